The van der Waals surface area contributed by atoms with Gasteiger partial charge in [0.15, 0.2) is 0 Å². The predicted octanol–water partition coefficient (Wildman–Crippen LogP) is 2.48. The Kier molecular flexibility index (Phi) is 2.50. The molecule has 0 amide bonds. The first-order valence-corrected chi connectivity index (χ1v) is 5.27. The van der Waals surface area contributed by atoms with Crippen molar-refractivity contribution in [1.82, 2.24) is 5.32 Å². The van der Waals surface area contributed by atoms with Gasteiger partial charge in [-0.05, 0) is 38.5 Å². The second-order valence-electron chi connectivity index (χ2n) is 4.29. The Morgan fingerprint density at radius 3 is 2.42 bits per heavy atom. The maximum absolute atomic E-state index is 3.72. The fourth-order valence-electron chi connectivity index (χ4n) is 2.20. The highest BCUT2D eigenvalue weighted by Crippen LogP contribution is 2.30. The molecule has 0 aromatic carbocycles. The minimum atomic E-state index is 0.751. The van der Waals surface area contributed by atoms with Crippen molar-refractivity contribution in [3.63, 3.8) is 0 Å². The smallest absolute Gasteiger partial charge is 0.0139 e. The van der Waals surface area contributed by atoms with Crippen LogP contribution in [0.1, 0.15) is 39.0 Å². The molecule has 0 heterocycles. The van der Waals surface area contributed by atoms with E-state index in [1.54, 1.807) is 0 Å². The highest BCUT2D eigenvalue weighted by molar-refractivity contribution is 4.99. The second-order valence-corrected chi connectivity index (χ2v) is 4.29. The van der Waals surface area contributed by atoms with E-state index in [1.807, 2.05) is 0 Å². The van der Waals surface area contributed by atoms with Crippen molar-refractivity contribution in [3.05, 3.63) is 12.2 Å². The molecule has 0 aromatic rings. The van der Waals surface area contributed by atoms with Gasteiger partial charge < -0.3 is 5.32 Å². The summed E-state index contributed by atoms with van der Waals surface area (Å²) in [6.07, 6.45) is 11.5. The van der Waals surface area contributed by atoms with Gasteiger partial charge in [0, 0.05) is 12.1 Å². The fraction of sp³-hybridized carbons (Fsp3) is 0.818. The molecule has 1 fully saturated rings. The van der Waals surface area contributed by atoms with E-state index < -0.39 is 0 Å². The van der Waals surface area contributed by atoms with Gasteiger partial charge in [0.1, 0.15) is 0 Å². The van der Waals surface area contributed by atoms with Crippen molar-refractivity contribution < 1.29 is 0 Å². The Bertz CT molecular complexity index is 162. The number of nitrogens with one attached hydrogen (secondary N) is 1. The van der Waals surface area contributed by atoms with Crippen molar-refractivity contribution in [3.8, 4) is 0 Å². The lowest BCUT2D eigenvalue weighted by molar-refractivity contribution is 0.228. The third-order valence-electron chi connectivity index (χ3n) is 3.36. The second kappa shape index (κ2) is 3.61. The van der Waals surface area contributed by atoms with E-state index in [0.717, 1.165) is 18.0 Å². The molecule has 0 aromatic heterocycles. The molecule has 0 radical (unpaired) electrons. The minimum Gasteiger partial charge on any atom is -0.311 e. The molecule has 0 spiro atoms. The number of hydrogen-bond donors (Lipinski definition) is 1. The van der Waals surface area contributed by atoms with E-state index in [0.29, 0.717) is 0 Å². The van der Waals surface area contributed by atoms with Crippen LogP contribution in [0.2, 0.25) is 0 Å². The molecular formula is C11H19N. The van der Waals surface area contributed by atoms with E-state index in [4.69, 9.17) is 0 Å². The summed E-state index contributed by atoms with van der Waals surface area (Å²) in [5, 5.41) is 3.72. The van der Waals surface area contributed by atoms with Crippen LogP contribution in [-0.4, -0.2) is 12.1 Å². The molecule has 2 rings (SSSR count). The number of rotatable bonds is 3. The Balaban J connectivity index is 1.70. The average molecular weight is 165 g/mol. The molecule has 2 aliphatic rings. The number of hydrogen-bond acceptors (Lipinski definition) is 1. The van der Waals surface area contributed by atoms with E-state index >= 15 is 0 Å². The first kappa shape index (κ1) is 8.31. The molecule has 1 N–H and O–H groups in total. The zero-order valence-electron chi connectivity index (χ0n) is 7.92. The molecule has 1 atom stereocenters. The Morgan fingerprint density at radius 2 is 1.92 bits per heavy atom. The van der Waals surface area contributed by atoms with Crippen molar-refractivity contribution in [2.75, 3.05) is 0 Å². The van der Waals surface area contributed by atoms with Gasteiger partial charge in [-0.15, -0.1) is 0 Å². The Labute approximate surface area is 75.2 Å². The lowest BCUT2D eigenvalue weighted by atomic mass is 9.80. The van der Waals surface area contributed by atoms with Gasteiger partial charge in [-0.2, -0.15) is 0 Å². The molecule has 1 nitrogen and oxygen atoms in total. The third kappa shape index (κ3) is 1.71. The lowest BCUT2D eigenvalue weighted by Crippen LogP contribution is -2.42. The summed E-state index contributed by atoms with van der Waals surface area (Å²) < 4.78 is 0. The normalized spacial score (nSPS) is 27.4. The summed E-state index contributed by atoms with van der Waals surface area (Å²) in [7, 11) is 0. The maximum Gasteiger partial charge on any atom is 0.0139 e. The molecule has 1 heteroatoms. The molecule has 0 bridgehead atoms. The van der Waals surface area contributed by atoms with Crippen molar-refractivity contribution in [2.45, 2.75) is 51.1 Å². The fourth-order valence-corrected chi connectivity index (χ4v) is 2.20. The highest BCUT2D eigenvalue weighted by Gasteiger charge is 2.25. The van der Waals surface area contributed by atoms with E-state index in [-0.39, 0.29) is 0 Å². The van der Waals surface area contributed by atoms with Gasteiger partial charge in [0.05, 0.1) is 0 Å². The van der Waals surface area contributed by atoms with E-state index in [2.05, 4.69) is 24.4 Å². The first-order valence-electron chi connectivity index (χ1n) is 5.27. The van der Waals surface area contributed by atoms with Crippen LogP contribution in [0.15, 0.2) is 12.2 Å². The van der Waals surface area contributed by atoms with Gasteiger partial charge in [-0.3, -0.25) is 0 Å². The largest absolute Gasteiger partial charge is 0.311 e. The Hall–Kier alpha value is -0.300. The Morgan fingerprint density at radius 1 is 1.25 bits per heavy atom. The molecular weight excluding hydrogens is 146 g/mol. The van der Waals surface area contributed by atoms with Crippen LogP contribution < -0.4 is 5.32 Å². The summed E-state index contributed by atoms with van der Waals surface area (Å²) in [6.45, 7) is 2.35. The van der Waals surface area contributed by atoms with Crippen LogP contribution in [0.4, 0.5) is 0 Å². The van der Waals surface area contributed by atoms with Crippen LogP contribution in [-0.2, 0) is 0 Å². The van der Waals surface area contributed by atoms with Crippen LogP contribution in [0.25, 0.3) is 0 Å². The van der Waals surface area contributed by atoms with Crippen LogP contribution >= 0.6 is 0 Å². The monoisotopic (exact) mass is 165 g/mol. The molecule has 1 unspecified atom stereocenters. The summed E-state index contributed by atoms with van der Waals surface area (Å²) in [4.78, 5) is 0. The van der Waals surface area contributed by atoms with Gasteiger partial charge in [0.25, 0.3) is 0 Å². The summed E-state index contributed by atoms with van der Waals surface area (Å²) in [6, 6.07) is 1.50. The summed E-state index contributed by atoms with van der Waals surface area (Å²) in [5.74, 6) is 0.977. The van der Waals surface area contributed by atoms with E-state index in [1.165, 1.54) is 32.1 Å². The molecule has 0 aliphatic heterocycles. The summed E-state index contributed by atoms with van der Waals surface area (Å²) in [5.41, 5.74) is 0. The van der Waals surface area contributed by atoms with Crippen molar-refractivity contribution in [2.24, 2.45) is 5.92 Å². The van der Waals surface area contributed by atoms with Crippen LogP contribution in [0, 0.1) is 5.92 Å². The lowest BCUT2D eigenvalue weighted by Gasteiger charge is -2.33. The molecule has 68 valence electrons. The van der Waals surface area contributed by atoms with Gasteiger partial charge in [0.2, 0.25) is 0 Å². The standard InChI is InChI=1S/C11H19N/c1-9(10-5-4-6-10)12-11-7-2-3-8-11/h2-3,9-12H,4-8H2,1H3. The topological polar surface area (TPSA) is 12.0 Å². The molecule has 0 saturated heterocycles. The zero-order valence-corrected chi connectivity index (χ0v) is 7.92. The van der Waals surface area contributed by atoms with E-state index in [9.17, 15) is 0 Å². The zero-order chi connectivity index (χ0) is 8.39. The maximum atomic E-state index is 3.72. The van der Waals surface area contributed by atoms with Crippen LogP contribution in [0.3, 0.4) is 0 Å². The highest BCUT2D eigenvalue weighted by atomic mass is 15.0. The van der Waals surface area contributed by atoms with Gasteiger partial charge in [-0.1, -0.05) is 18.6 Å². The predicted molar refractivity (Wildman–Crippen MR) is 52.1 cm³/mol. The quantitative estimate of drug-likeness (QED) is 0.633. The SMILES string of the molecule is CC(NC1CC=CC1)C1CCC1. The molecule has 12 heavy (non-hydrogen) atoms. The first-order chi connectivity index (χ1) is 5.86. The molecule has 2 aliphatic carbocycles. The third-order valence-corrected chi connectivity index (χ3v) is 3.36. The van der Waals surface area contributed by atoms with Crippen LogP contribution in [0.5, 0.6) is 0 Å². The van der Waals surface area contributed by atoms with Crippen molar-refractivity contribution >= 4 is 0 Å². The average Bonchev–Trinajstić information content (AvgIpc) is 2.34. The van der Waals surface area contributed by atoms with Gasteiger partial charge >= 0.3 is 0 Å². The van der Waals surface area contributed by atoms with Crippen molar-refractivity contribution in [1.29, 1.82) is 0 Å². The van der Waals surface area contributed by atoms with Gasteiger partial charge in [-0.25, -0.2) is 0 Å². The molecule has 1 saturated carbocycles. The summed E-state index contributed by atoms with van der Waals surface area (Å²) >= 11 is 0. The minimum absolute atomic E-state index is 0.751.